The average molecular weight is 917 g/mol. The van der Waals surface area contributed by atoms with Crippen LogP contribution in [0.2, 0.25) is 0 Å². The standard InChI is InChI=1S/C45H64N4O8S4/c1-38-16-24-42(25-17-38)58(50,51)46-32-10-14-36-48(60(54,55)44-28-20-40(3)21-29-44)34-12-8-6-5-7-9-13-35-49(61(56,57)45-30-22-41(4)23-31-45)37-15-11-33-47-59(52,53)43-26-18-39(2)19-27-43/h16-31,46-47H,5-15,32-37H2,1-4H3. The van der Waals surface area contributed by atoms with E-state index in [1.165, 1.54) is 8.61 Å². The van der Waals surface area contributed by atoms with E-state index in [0.29, 0.717) is 51.6 Å². The van der Waals surface area contributed by atoms with Gasteiger partial charge in [-0.05, 0) is 115 Å². The van der Waals surface area contributed by atoms with Crippen LogP contribution in [0.3, 0.4) is 0 Å². The Morgan fingerprint density at radius 1 is 0.328 bits per heavy atom. The van der Waals surface area contributed by atoms with Gasteiger partial charge in [0.05, 0.1) is 19.6 Å². The molecule has 4 rings (SSSR count). The maximum Gasteiger partial charge on any atom is 0.243 e. The predicted octanol–water partition coefficient (Wildman–Crippen LogP) is 7.85. The smallest absolute Gasteiger partial charge is 0.211 e. The average Bonchev–Trinajstić information content (AvgIpc) is 3.21. The summed E-state index contributed by atoms with van der Waals surface area (Å²) >= 11 is 0. The molecule has 0 saturated carbocycles. The Morgan fingerprint density at radius 2 is 0.557 bits per heavy atom. The molecule has 0 fully saturated rings. The van der Waals surface area contributed by atoms with Gasteiger partial charge >= 0.3 is 0 Å². The molecular formula is C45H64N4O8S4. The Balaban J connectivity index is 1.22. The molecule has 0 saturated heterocycles. The zero-order valence-corrected chi connectivity index (χ0v) is 39.3. The summed E-state index contributed by atoms with van der Waals surface area (Å²) in [6.45, 7) is 9.23. The van der Waals surface area contributed by atoms with Crippen LogP contribution in [0.25, 0.3) is 0 Å². The summed E-state index contributed by atoms with van der Waals surface area (Å²) in [6, 6.07) is 26.9. The van der Waals surface area contributed by atoms with Gasteiger partial charge < -0.3 is 0 Å². The maximum absolute atomic E-state index is 13.7. The van der Waals surface area contributed by atoms with Gasteiger partial charge in [0.1, 0.15) is 0 Å². The largest absolute Gasteiger partial charge is 0.243 e. The molecule has 336 valence electrons. The third kappa shape index (κ3) is 16.0. The number of sulfonamides is 4. The molecule has 16 heteroatoms. The second-order valence-electron chi connectivity index (χ2n) is 15.7. The van der Waals surface area contributed by atoms with Crippen LogP contribution >= 0.6 is 0 Å². The van der Waals surface area contributed by atoms with Gasteiger partial charge in [-0.2, -0.15) is 8.61 Å². The summed E-state index contributed by atoms with van der Waals surface area (Å²) < 4.78 is 114. The van der Waals surface area contributed by atoms with Gasteiger partial charge in [0.15, 0.2) is 0 Å². The lowest BCUT2D eigenvalue weighted by Gasteiger charge is -2.23. The van der Waals surface area contributed by atoms with Gasteiger partial charge in [-0.1, -0.05) is 103 Å². The zero-order valence-electron chi connectivity index (χ0n) is 36.1. The van der Waals surface area contributed by atoms with E-state index >= 15 is 0 Å². The van der Waals surface area contributed by atoms with Crippen molar-refractivity contribution in [1.29, 1.82) is 0 Å². The first-order valence-corrected chi connectivity index (χ1v) is 27.0. The lowest BCUT2D eigenvalue weighted by Crippen LogP contribution is -2.33. The molecule has 2 N–H and O–H groups in total. The Bertz CT molecular complexity index is 2220. The maximum atomic E-state index is 13.7. The summed E-state index contributed by atoms with van der Waals surface area (Å²) in [5, 5.41) is 0. The van der Waals surface area contributed by atoms with E-state index in [0.717, 1.165) is 54.4 Å². The molecule has 0 radical (unpaired) electrons. The Morgan fingerprint density at radius 3 is 0.836 bits per heavy atom. The van der Waals surface area contributed by atoms with Crippen molar-refractivity contribution < 1.29 is 33.7 Å². The van der Waals surface area contributed by atoms with Crippen molar-refractivity contribution in [3.05, 3.63) is 119 Å². The molecule has 0 aromatic heterocycles. The predicted molar refractivity (Wildman–Crippen MR) is 243 cm³/mol. The quantitative estimate of drug-likeness (QED) is 0.0544. The van der Waals surface area contributed by atoms with Crippen LogP contribution in [0.5, 0.6) is 0 Å². The van der Waals surface area contributed by atoms with Gasteiger partial charge in [0, 0.05) is 39.3 Å². The van der Waals surface area contributed by atoms with E-state index in [9.17, 15) is 33.7 Å². The zero-order chi connectivity index (χ0) is 44.5. The fraction of sp³-hybridized carbons (Fsp3) is 0.467. The molecule has 0 aliphatic carbocycles. The summed E-state index contributed by atoms with van der Waals surface area (Å²) in [6.07, 6.45) is 7.69. The first-order valence-electron chi connectivity index (χ1n) is 21.2. The highest BCUT2D eigenvalue weighted by molar-refractivity contribution is 7.90. The van der Waals surface area contributed by atoms with E-state index in [-0.39, 0.29) is 45.8 Å². The van der Waals surface area contributed by atoms with Crippen molar-refractivity contribution in [2.75, 3.05) is 39.3 Å². The minimum atomic E-state index is -3.75. The molecule has 0 amide bonds. The number of aryl methyl sites for hydroxylation is 4. The highest BCUT2D eigenvalue weighted by Crippen LogP contribution is 2.21. The van der Waals surface area contributed by atoms with Crippen LogP contribution in [-0.2, 0) is 40.1 Å². The van der Waals surface area contributed by atoms with Crippen molar-refractivity contribution in [3.8, 4) is 0 Å². The number of nitrogens with one attached hydrogen (secondary N) is 2. The van der Waals surface area contributed by atoms with Crippen molar-refractivity contribution >= 4 is 40.1 Å². The van der Waals surface area contributed by atoms with E-state index in [4.69, 9.17) is 0 Å². The number of benzene rings is 4. The molecular weight excluding hydrogens is 853 g/mol. The topological polar surface area (TPSA) is 167 Å². The second-order valence-corrected chi connectivity index (χ2v) is 23.2. The van der Waals surface area contributed by atoms with Crippen LogP contribution < -0.4 is 9.44 Å². The minimum Gasteiger partial charge on any atom is -0.211 e. The number of hydrogen-bond donors (Lipinski definition) is 2. The first kappa shape index (κ1) is 50.2. The van der Waals surface area contributed by atoms with Crippen molar-refractivity contribution in [2.45, 2.75) is 118 Å². The summed E-state index contributed by atoms with van der Waals surface area (Å²) in [4.78, 5) is 0.863. The molecule has 4 aromatic carbocycles. The van der Waals surface area contributed by atoms with Gasteiger partial charge in [-0.25, -0.2) is 43.1 Å². The molecule has 0 aliphatic heterocycles. The number of hydrogen-bond acceptors (Lipinski definition) is 8. The van der Waals surface area contributed by atoms with E-state index in [1.807, 2.05) is 27.7 Å². The summed E-state index contributed by atoms with van der Waals surface area (Å²) in [5.41, 5.74) is 3.85. The Hall–Kier alpha value is -3.48. The number of nitrogens with zero attached hydrogens (tertiary/aromatic N) is 2. The van der Waals surface area contributed by atoms with Crippen LogP contribution in [0.15, 0.2) is 117 Å². The van der Waals surface area contributed by atoms with Crippen molar-refractivity contribution in [2.24, 2.45) is 0 Å². The van der Waals surface area contributed by atoms with Crippen LogP contribution in [0, 0.1) is 27.7 Å². The number of rotatable bonds is 28. The normalized spacial score (nSPS) is 12.7. The minimum absolute atomic E-state index is 0.196. The lowest BCUT2D eigenvalue weighted by molar-refractivity contribution is 0.381. The molecule has 61 heavy (non-hydrogen) atoms. The van der Waals surface area contributed by atoms with Gasteiger partial charge in [-0.15, -0.1) is 0 Å². The Kier molecular flexibility index (Phi) is 19.6. The third-order valence-corrected chi connectivity index (χ3v) is 17.3. The highest BCUT2D eigenvalue weighted by Gasteiger charge is 2.25. The molecule has 0 spiro atoms. The van der Waals surface area contributed by atoms with Crippen molar-refractivity contribution in [3.63, 3.8) is 0 Å². The fourth-order valence-electron chi connectivity index (χ4n) is 6.72. The molecule has 0 aliphatic rings. The summed E-state index contributed by atoms with van der Waals surface area (Å²) in [7, 11) is -14.8. The van der Waals surface area contributed by atoms with E-state index < -0.39 is 40.1 Å². The monoisotopic (exact) mass is 916 g/mol. The van der Waals surface area contributed by atoms with Gasteiger partial charge in [0.2, 0.25) is 40.1 Å². The lowest BCUT2D eigenvalue weighted by atomic mass is 10.1. The van der Waals surface area contributed by atoms with E-state index in [2.05, 4.69) is 9.44 Å². The molecule has 0 bridgehead atoms. The molecule has 12 nitrogen and oxygen atoms in total. The van der Waals surface area contributed by atoms with Gasteiger partial charge in [-0.3, -0.25) is 0 Å². The SMILES string of the molecule is Cc1ccc(S(=O)(=O)NCCCCN(CCCCCCCCCN(CCCCNS(=O)(=O)c2ccc(C)cc2)S(=O)(=O)c2ccc(C)cc2)S(=O)(=O)c2ccc(C)cc2)cc1. The fourth-order valence-corrected chi connectivity index (χ4v) is 11.9. The second kappa shape index (κ2) is 23.8. The molecule has 0 atom stereocenters. The van der Waals surface area contributed by atoms with Crippen LogP contribution in [-0.4, -0.2) is 81.6 Å². The van der Waals surface area contributed by atoms with Gasteiger partial charge in [0.25, 0.3) is 0 Å². The third-order valence-electron chi connectivity index (χ3n) is 10.5. The molecule has 0 unspecified atom stereocenters. The summed E-state index contributed by atoms with van der Waals surface area (Å²) in [5.74, 6) is 0. The number of unbranched alkanes of at least 4 members (excludes halogenated alkanes) is 8. The first-order chi connectivity index (χ1) is 28.9. The van der Waals surface area contributed by atoms with Crippen LogP contribution in [0.1, 0.15) is 92.9 Å². The molecule has 0 heterocycles. The highest BCUT2D eigenvalue weighted by atomic mass is 32.2. The van der Waals surface area contributed by atoms with E-state index in [1.54, 1.807) is 97.1 Å². The Labute approximate surface area is 366 Å². The van der Waals surface area contributed by atoms with Crippen molar-refractivity contribution in [1.82, 2.24) is 18.1 Å². The van der Waals surface area contributed by atoms with Crippen LogP contribution in [0.4, 0.5) is 0 Å². The molecule has 4 aromatic rings.